The minimum atomic E-state index is 1.08. The van der Waals surface area contributed by atoms with Gasteiger partial charge in [-0.1, -0.05) is 200 Å². The molecule has 282 valence electrons. The predicted octanol–water partition coefficient (Wildman–Crippen LogP) is 16.1. The van der Waals surface area contributed by atoms with Gasteiger partial charge in [0.1, 0.15) is 0 Å². The molecule has 1 aromatic heterocycles. The van der Waals surface area contributed by atoms with Crippen molar-refractivity contribution in [2.24, 2.45) is 0 Å². The number of nitrogens with zero attached hydrogens (tertiary/aromatic N) is 2. The van der Waals surface area contributed by atoms with Gasteiger partial charge in [-0.05, 0) is 81.1 Å². The summed E-state index contributed by atoms with van der Waals surface area (Å²) in [5, 5.41) is 4.91. The van der Waals surface area contributed by atoms with E-state index in [-0.39, 0.29) is 0 Å². The summed E-state index contributed by atoms with van der Waals surface area (Å²) in [5.74, 6) is 0. The molecule has 0 aliphatic heterocycles. The summed E-state index contributed by atoms with van der Waals surface area (Å²) in [6.45, 7) is 0. The number of anilines is 3. The lowest BCUT2D eigenvalue weighted by atomic mass is 9.95. The van der Waals surface area contributed by atoms with Crippen LogP contribution in [0.25, 0.3) is 82.8 Å². The van der Waals surface area contributed by atoms with Gasteiger partial charge in [-0.25, -0.2) is 0 Å². The van der Waals surface area contributed by atoms with E-state index in [1.807, 2.05) is 0 Å². The van der Waals surface area contributed by atoms with Crippen molar-refractivity contribution < 1.29 is 0 Å². The molecule has 11 aromatic rings. The zero-order chi connectivity index (χ0) is 39.8. The zero-order valence-corrected chi connectivity index (χ0v) is 33.0. The van der Waals surface area contributed by atoms with Gasteiger partial charge in [0.2, 0.25) is 0 Å². The number of para-hydroxylation sites is 3. The molecule has 0 spiro atoms. The molecule has 0 atom stereocenters. The lowest BCUT2D eigenvalue weighted by Gasteiger charge is -2.28. The summed E-state index contributed by atoms with van der Waals surface area (Å²) < 4.78 is 2.50. The zero-order valence-electron chi connectivity index (χ0n) is 33.0. The highest BCUT2D eigenvalue weighted by atomic mass is 15.1. The second-order valence-electron chi connectivity index (χ2n) is 15.3. The van der Waals surface area contributed by atoms with Crippen LogP contribution >= 0.6 is 0 Å². The van der Waals surface area contributed by atoms with E-state index in [4.69, 9.17) is 0 Å². The Bertz CT molecular complexity index is 3230. The Balaban J connectivity index is 1.16. The van der Waals surface area contributed by atoms with Crippen LogP contribution in [-0.2, 0) is 0 Å². The largest absolute Gasteiger partial charge is 0.310 e. The molecular formula is C58H40N2. The smallest absolute Gasteiger partial charge is 0.0618 e. The first-order chi connectivity index (χ1) is 29.8. The van der Waals surface area contributed by atoms with Crippen molar-refractivity contribution in [1.82, 2.24) is 4.57 Å². The summed E-state index contributed by atoms with van der Waals surface area (Å²) in [7, 11) is 0. The van der Waals surface area contributed by atoms with E-state index in [9.17, 15) is 0 Å². The Morgan fingerprint density at radius 2 is 0.800 bits per heavy atom. The van der Waals surface area contributed by atoms with Gasteiger partial charge < -0.3 is 9.47 Å². The van der Waals surface area contributed by atoms with Crippen LogP contribution in [0.1, 0.15) is 0 Å². The molecule has 10 aromatic carbocycles. The fraction of sp³-hybridized carbons (Fsp3) is 0. The Morgan fingerprint density at radius 3 is 1.50 bits per heavy atom. The highest BCUT2D eigenvalue weighted by Gasteiger charge is 2.23. The van der Waals surface area contributed by atoms with E-state index in [2.05, 4.69) is 252 Å². The molecule has 0 aliphatic carbocycles. The molecule has 0 saturated carbocycles. The first-order valence-electron chi connectivity index (χ1n) is 20.6. The average molecular weight is 765 g/mol. The van der Waals surface area contributed by atoms with Crippen LogP contribution in [0.2, 0.25) is 0 Å². The maximum absolute atomic E-state index is 2.50. The molecular weight excluding hydrogens is 725 g/mol. The van der Waals surface area contributed by atoms with E-state index >= 15 is 0 Å². The fourth-order valence-electron chi connectivity index (χ4n) is 8.95. The van der Waals surface area contributed by atoms with E-state index in [0.29, 0.717) is 0 Å². The minimum absolute atomic E-state index is 1.08. The Hall–Kier alpha value is -7.94. The summed E-state index contributed by atoms with van der Waals surface area (Å²) in [6, 6.07) is 88.0. The number of fused-ring (bicyclic) bond motifs is 4. The Kier molecular flexibility index (Phi) is 8.87. The van der Waals surface area contributed by atoms with Crippen molar-refractivity contribution in [1.29, 1.82) is 0 Å². The summed E-state index contributed by atoms with van der Waals surface area (Å²) in [6.07, 6.45) is 0. The van der Waals surface area contributed by atoms with Crippen LogP contribution in [0.15, 0.2) is 243 Å². The lowest BCUT2D eigenvalue weighted by molar-refractivity contribution is 1.18. The van der Waals surface area contributed by atoms with Crippen LogP contribution in [0, 0.1) is 0 Å². The van der Waals surface area contributed by atoms with Gasteiger partial charge in [-0.15, -0.1) is 0 Å². The first-order valence-corrected chi connectivity index (χ1v) is 20.6. The molecule has 2 nitrogen and oxygen atoms in total. The monoisotopic (exact) mass is 764 g/mol. The van der Waals surface area contributed by atoms with Gasteiger partial charge in [0, 0.05) is 38.8 Å². The standard InChI is InChI=1S/C58H40N2/c1-4-18-43(19-5-1)50-25-12-14-29-55(50)59(48-35-33-42(34-36-48)47-32-31-41-17-10-11-24-46(41)39-47)49-37-38-54-53-26-13-15-30-56(53)60(57(54)40-49)58-51(44-20-6-2-7-21-44)27-16-28-52(58)45-22-8-3-9-23-45/h1-40H. The van der Waals surface area contributed by atoms with Crippen LogP contribution in [0.4, 0.5) is 17.1 Å². The quantitative estimate of drug-likeness (QED) is 0.150. The van der Waals surface area contributed by atoms with Gasteiger partial charge in [0.15, 0.2) is 0 Å². The molecule has 60 heavy (non-hydrogen) atoms. The third-order valence-corrected chi connectivity index (χ3v) is 11.8. The molecule has 0 fully saturated rings. The normalized spacial score (nSPS) is 11.3. The molecule has 0 aliphatic rings. The van der Waals surface area contributed by atoms with E-state index < -0.39 is 0 Å². The average Bonchev–Trinajstić information content (AvgIpc) is 3.66. The van der Waals surface area contributed by atoms with Gasteiger partial charge >= 0.3 is 0 Å². The third-order valence-electron chi connectivity index (χ3n) is 11.8. The number of benzene rings is 10. The molecule has 0 saturated heterocycles. The summed E-state index contributed by atoms with van der Waals surface area (Å²) in [4.78, 5) is 2.43. The lowest BCUT2D eigenvalue weighted by Crippen LogP contribution is -2.11. The van der Waals surface area contributed by atoms with Crippen molar-refractivity contribution in [3.05, 3.63) is 243 Å². The van der Waals surface area contributed by atoms with E-state index in [1.54, 1.807) is 0 Å². The predicted molar refractivity (Wildman–Crippen MR) is 255 cm³/mol. The molecule has 2 heteroatoms. The van der Waals surface area contributed by atoms with Gasteiger partial charge in [-0.2, -0.15) is 0 Å². The molecule has 0 amide bonds. The number of rotatable bonds is 8. The molecule has 0 radical (unpaired) electrons. The van der Waals surface area contributed by atoms with Crippen LogP contribution in [0.3, 0.4) is 0 Å². The van der Waals surface area contributed by atoms with Crippen molar-refractivity contribution in [2.45, 2.75) is 0 Å². The highest BCUT2D eigenvalue weighted by Crippen LogP contribution is 2.46. The van der Waals surface area contributed by atoms with Crippen LogP contribution in [-0.4, -0.2) is 4.57 Å². The molecule has 0 N–H and O–H groups in total. The summed E-state index contributed by atoms with van der Waals surface area (Å²) >= 11 is 0. The number of hydrogen-bond acceptors (Lipinski definition) is 1. The highest BCUT2D eigenvalue weighted by molar-refractivity contribution is 6.12. The van der Waals surface area contributed by atoms with Crippen molar-refractivity contribution in [2.75, 3.05) is 4.90 Å². The van der Waals surface area contributed by atoms with Crippen LogP contribution < -0.4 is 4.90 Å². The molecule has 1 heterocycles. The molecule has 11 rings (SSSR count). The number of aromatic nitrogens is 1. The Morgan fingerprint density at radius 1 is 0.283 bits per heavy atom. The van der Waals surface area contributed by atoms with Crippen molar-refractivity contribution in [3.8, 4) is 50.2 Å². The van der Waals surface area contributed by atoms with Crippen LogP contribution in [0.5, 0.6) is 0 Å². The van der Waals surface area contributed by atoms with Crippen molar-refractivity contribution >= 4 is 49.6 Å². The topological polar surface area (TPSA) is 8.17 Å². The van der Waals surface area contributed by atoms with E-state index in [1.165, 1.54) is 66.0 Å². The maximum atomic E-state index is 2.50. The van der Waals surface area contributed by atoms with Gasteiger partial charge in [0.25, 0.3) is 0 Å². The Labute approximate surface area is 350 Å². The molecule has 0 bridgehead atoms. The number of hydrogen-bond donors (Lipinski definition) is 0. The van der Waals surface area contributed by atoms with Crippen molar-refractivity contribution in [3.63, 3.8) is 0 Å². The van der Waals surface area contributed by atoms with E-state index in [0.717, 1.165) is 33.8 Å². The van der Waals surface area contributed by atoms with Gasteiger partial charge in [0.05, 0.1) is 22.4 Å². The second kappa shape index (κ2) is 15.1. The third kappa shape index (κ3) is 6.23. The second-order valence-corrected chi connectivity index (χ2v) is 15.3. The first kappa shape index (κ1) is 35.2. The minimum Gasteiger partial charge on any atom is -0.310 e. The fourth-order valence-corrected chi connectivity index (χ4v) is 8.95. The SMILES string of the molecule is c1ccc(-c2ccccc2N(c2ccc(-c3ccc4ccccc4c3)cc2)c2ccc3c4ccccc4n(-c4c(-c5ccccc5)cccc4-c4ccccc4)c3c2)cc1. The van der Waals surface area contributed by atoms with Gasteiger partial charge in [-0.3, -0.25) is 0 Å². The summed E-state index contributed by atoms with van der Waals surface area (Å²) in [5.41, 5.74) is 16.2. The molecule has 0 unspecified atom stereocenters. The maximum Gasteiger partial charge on any atom is 0.0618 e.